The third-order valence-electron chi connectivity index (χ3n) is 4.98. The third-order valence-corrected chi connectivity index (χ3v) is 7.17. The average Bonchev–Trinajstić information content (AvgIpc) is 2.67. The van der Waals surface area contributed by atoms with E-state index in [9.17, 15) is 13.0 Å². The molecular weight excluding hydrogens is 448 g/mol. The van der Waals surface area contributed by atoms with Crippen LogP contribution in [0.2, 0.25) is 0 Å². The molecule has 6 nitrogen and oxygen atoms in total. The summed E-state index contributed by atoms with van der Waals surface area (Å²) in [4.78, 5) is 0. The molecule has 0 aliphatic heterocycles. The molecule has 2 rings (SSSR count). The van der Waals surface area contributed by atoms with Crippen molar-refractivity contribution in [1.82, 2.24) is 0 Å². The second kappa shape index (κ2) is 9.91. The number of allylic oxidation sites excluding steroid dienone is 3. The first-order valence-corrected chi connectivity index (χ1v) is 11.3. The molecule has 1 aromatic rings. The van der Waals surface area contributed by atoms with Gasteiger partial charge in [0.1, 0.15) is 4.75 Å². The monoisotopic (exact) mass is 474 g/mol. The molecule has 8 heteroatoms. The summed E-state index contributed by atoms with van der Waals surface area (Å²) >= 11 is 3.35. The minimum Gasteiger partial charge on any atom is -0.493 e. The average molecular weight is 475 g/mol. The van der Waals surface area contributed by atoms with Gasteiger partial charge < -0.3 is 14.2 Å². The van der Waals surface area contributed by atoms with Gasteiger partial charge in [0.15, 0.2) is 11.5 Å². The van der Waals surface area contributed by atoms with Gasteiger partial charge in [-0.05, 0) is 30.5 Å². The summed E-state index contributed by atoms with van der Waals surface area (Å²) in [5, 5.41) is 0. The van der Waals surface area contributed by atoms with Crippen LogP contribution in [0.1, 0.15) is 31.7 Å². The highest BCUT2D eigenvalue weighted by atomic mass is 79.9. The fourth-order valence-corrected chi connectivity index (χ4v) is 4.86. The van der Waals surface area contributed by atoms with Gasteiger partial charge in [-0.1, -0.05) is 53.6 Å². The smallest absolute Gasteiger partial charge is 0.274 e. The lowest BCUT2D eigenvalue weighted by atomic mass is 9.83. The van der Waals surface area contributed by atoms with Gasteiger partial charge in [0.05, 0.1) is 27.4 Å². The summed E-state index contributed by atoms with van der Waals surface area (Å²) < 4.78 is 50.4. The number of methoxy groups -OCH3 is 2. The normalized spacial score (nSPS) is 20.5. The zero-order chi connectivity index (χ0) is 20.8. The molecule has 2 atom stereocenters. The van der Waals surface area contributed by atoms with Gasteiger partial charge in [-0.15, -0.1) is 0 Å². The van der Waals surface area contributed by atoms with Gasteiger partial charge in [0.25, 0.3) is 10.1 Å². The van der Waals surface area contributed by atoms with Crippen molar-refractivity contribution in [1.29, 1.82) is 0 Å². The van der Waals surface area contributed by atoms with Gasteiger partial charge in [-0.25, -0.2) is 0 Å². The van der Waals surface area contributed by atoms with Gasteiger partial charge >= 0.3 is 0 Å². The van der Waals surface area contributed by atoms with Crippen LogP contribution in [-0.2, 0) is 21.5 Å². The Morgan fingerprint density at radius 2 is 1.96 bits per heavy atom. The molecule has 0 bridgehead atoms. The van der Waals surface area contributed by atoms with Crippen molar-refractivity contribution in [2.75, 3.05) is 20.8 Å². The molecule has 0 heterocycles. The lowest BCUT2D eigenvalue weighted by Crippen LogP contribution is -2.46. The number of hydrogen-bond donors (Lipinski definition) is 1. The maximum Gasteiger partial charge on any atom is 0.274 e. The summed E-state index contributed by atoms with van der Waals surface area (Å²) in [7, 11) is -1.18. The maximum absolute atomic E-state index is 12.3. The van der Waals surface area contributed by atoms with E-state index >= 15 is 0 Å². The fourth-order valence-electron chi connectivity index (χ4n) is 3.43. The van der Waals surface area contributed by atoms with Gasteiger partial charge in [0, 0.05) is 10.4 Å². The molecule has 1 unspecified atom stereocenters. The Hall–Kier alpha value is -1.35. The fraction of sp³-hybridized carbons (Fsp3) is 0.500. The highest BCUT2D eigenvalue weighted by molar-refractivity contribution is 9.11. The van der Waals surface area contributed by atoms with E-state index in [-0.39, 0.29) is 18.9 Å². The molecule has 1 aliphatic rings. The van der Waals surface area contributed by atoms with E-state index in [1.54, 1.807) is 38.5 Å². The molecule has 1 aliphatic carbocycles. The van der Waals surface area contributed by atoms with Crippen LogP contribution in [0.15, 0.2) is 40.9 Å². The predicted molar refractivity (Wildman–Crippen MR) is 113 cm³/mol. The Balaban J connectivity index is 2.15. The summed E-state index contributed by atoms with van der Waals surface area (Å²) in [6, 6.07) is 5.49. The maximum atomic E-state index is 12.3. The second-order valence-corrected chi connectivity index (χ2v) is 9.37. The number of hydrogen-bond acceptors (Lipinski definition) is 5. The lowest BCUT2D eigenvalue weighted by molar-refractivity contribution is 0.0725. The van der Waals surface area contributed by atoms with Crippen molar-refractivity contribution in [3.63, 3.8) is 0 Å². The van der Waals surface area contributed by atoms with Crippen molar-refractivity contribution >= 4 is 26.0 Å². The first-order chi connectivity index (χ1) is 13.3. The van der Waals surface area contributed by atoms with Crippen molar-refractivity contribution < 1.29 is 27.2 Å². The zero-order valence-corrected chi connectivity index (χ0v) is 18.8. The van der Waals surface area contributed by atoms with Crippen LogP contribution in [0.25, 0.3) is 0 Å². The zero-order valence-electron chi connectivity index (χ0n) is 16.4. The summed E-state index contributed by atoms with van der Waals surface area (Å²) in [5.41, 5.74) is 0.885. The molecule has 0 fully saturated rings. The van der Waals surface area contributed by atoms with E-state index in [0.29, 0.717) is 24.5 Å². The third kappa shape index (κ3) is 5.17. The summed E-state index contributed by atoms with van der Waals surface area (Å²) in [6.07, 6.45) is 6.61. The van der Waals surface area contributed by atoms with E-state index in [4.69, 9.17) is 14.2 Å². The Bertz CT molecular complexity index is 833. The lowest BCUT2D eigenvalue weighted by Gasteiger charge is -2.36. The SMILES string of the molecule is CCCC(COCc1ccc(OC)c(OC)c1)[C@]1(S(=O)(=O)O)C=CC(Br)=CC1. The topological polar surface area (TPSA) is 82.1 Å². The van der Waals surface area contributed by atoms with Gasteiger partial charge in [-0.2, -0.15) is 8.42 Å². The highest BCUT2D eigenvalue weighted by Gasteiger charge is 2.47. The van der Waals surface area contributed by atoms with Crippen molar-refractivity contribution in [3.8, 4) is 11.5 Å². The van der Waals surface area contributed by atoms with E-state index in [2.05, 4.69) is 15.9 Å². The number of rotatable bonds is 10. The number of ether oxygens (including phenoxy) is 3. The van der Waals surface area contributed by atoms with Crippen LogP contribution in [0, 0.1) is 5.92 Å². The molecule has 0 radical (unpaired) electrons. The quantitative estimate of drug-likeness (QED) is 0.502. The first kappa shape index (κ1) is 22.9. The minimum absolute atomic E-state index is 0.202. The van der Waals surface area contributed by atoms with Gasteiger partial charge in [0.2, 0.25) is 0 Å². The van der Waals surface area contributed by atoms with E-state index in [1.807, 2.05) is 19.1 Å². The van der Waals surface area contributed by atoms with Crippen LogP contribution in [0.5, 0.6) is 11.5 Å². The Labute approximate surface area is 175 Å². The highest BCUT2D eigenvalue weighted by Crippen LogP contribution is 2.39. The first-order valence-electron chi connectivity index (χ1n) is 9.08. The number of halogens is 1. The molecule has 0 aromatic heterocycles. The molecule has 0 saturated heterocycles. The summed E-state index contributed by atoms with van der Waals surface area (Å²) in [5.74, 6) is 0.860. The Kier molecular flexibility index (Phi) is 8.12. The summed E-state index contributed by atoms with van der Waals surface area (Å²) in [6.45, 7) is 2.49. The van der Waals surface area contributed by atoms with Gasteiger partial charge in [-0.3, -0.25) is 4.55 Å². The molecule has 1 N–H and O–H groups in total. The van der Waals surface area contributed by atoms with Crippen LogP contribution >= 0.6 is 15.9 Å². The molecule has 0 saturated carbocycles. The van der Waals surface area contributed by atoms with E-state index in [1.165, 1.54) is 0 Å². The Morgan fingerprint density at radius 3 is 2.50 bits per heavy atom. The Morgan fingerprint density at radius 1 is 1.25 bits per heavy atom. The van der Waals surface area contributed by atoms with Crippen LogP contribution in [-0.4, -0.2) is 38.5 Å². The van der Waals surface area contributed by atoms with E-state index in [0.717, 1.165) is 16.5 Å². The van der Waals surface area contributed by atoms with Crippen LogP contribution < -0.4 is 9.47 Å². The predicted octanol–water partition coefficient (Wildman–Crippen LogP) is 4.50. The molecule has 0 amide bonds. The standard InChI is InChI=1S/C20H27BrO6S/c1-4-5-16(20(28(22,23)24)10-8-17(21)9-11-20)14-27-13-15-6-7-18(25-2)19(12-15)26-3/h6-10,12,16H,4-5,11,13-14H2,1-3H3,(H,22,23,24)/t16?,20-/m0/s1. The minimum atomic E-state index is -4.32. The van der Waals surface area contributed by atoms with Crippen LogP contribution in [0.4, 0.5) is 0 Å². The van der Waals surface area contributed by atoms with Crippen molar-refractivity contribution in [2.45, 2.75) is 37.5 Å². The van der Waals surface area contributed by atoms with E-state index < -0.39 is 14.9 Å². The number of benzene rings is 1. The largest absolute Gasteiger partial charge is 0.493 e. The molecule has 28 heavy (non-hydrogen) atoms. The van der Waals surface area contributed by atoms with Crippen molar-refractivity contribution in [3.05, 3.63) is 46.5 Å². The molecule has 0 spiro atoms. The molecule has 156 valence electrons. The second-order valence-electron chi connectivity index (χ2n) is 6.75. The molecule has 1 aromatic carbocycles. The molecular formula is C20H27BrO6S. The van der Waals surface area contributed by atoms with Crippen molar-refractivity contribution in [2.24, 2.45) is 5.92 Å². The van der Waals surface area contributed by atoms with Crippen LogP contribution in [0.3, 0.4) is 0 Å².